The van der Waals surface area contributed by atoms with Crippen molar-refractivity contribution >= 4 is 29.8 Å². The minimum absolute atomic E-state index is 0.0825. The molecule has 6 atom stereocenters. The molecule has 0 saturated carbocycles. The Morgan fingerprint density at radius 2 is 1.17 bits per heavy atom. The molecular formula is C41H67N9O4. The van der Waals surface area contributed by atoms with Crippen molar-refractivity contribution in [1.29, 1.82) is 0 Å². The number of carbonyl (C=O) groups excluding carboxylic acids is 2. The number of hydrogen-bond acceptors (Lipinski definition) is 11. The summed E-state index contributed by atoms with van der Waals surface area (Å²) in [7, 11) is 0. The number of rotatable bonds is 21. The summed E-state index contributed by atoms with van der Waals surface area (Å²) in [6.45, 7) is 7.63. The SMILES string of the molecule is CCCCCCC[C@@H]1C[C@@H]2CCC3=C(C(=O)OCCCCCCC[C@@H]4C[C@@H]5CCC6=C(C(=O)OCCCCN=C(N)N)[C@H](C)N=C(N4)N65)[C@H](C)N=C(N1)N32. The first-order valence-corrected chi connectivity index (χ1v) is 21.4. The molecule has 0 aromatic rings. The van der Waals surface area contributed by atoms with E-state index in [2.05, 4.69) is 32.3 Å². The van der Waals surface area contributed by atoms with Gasteiger partial charge in [0.1, 0.15) is 0 Å². The minimum Gasteiger partial charge on any atom is -0.462 e. The number of nitrogens with two attached hydrogens (primary N) is 2. The van der Waals surface area contributed by atoms with Gasteiger partial charge in [0, 0.05) is 42.1 Å². The van der Waals surface area contributed by atoms with Crippen LogP contribution < -0.4 is 22.1 Å². The van der Waals surface area contributed by atoms with E-state index in [0.717, 1.165) is 112 Å². The van der Waals surface area contributed by atoms with Gasteiger partial charge in [-0.2, -0.15) is 0 Å². The van der Waals surface area contributed by atoms with Crippen LogP contribution in [0.15, 0.2) is 37.5 Å². The normalized spacial score (nSPS) is 26.7. The van der Waals surface area contributed by atoms with Crippen LogP contribution in [0.3, 0.4) is 0 Å². The third-order valence-electron chi connectivity index (χ3n) is 12.2. The number of nitrogens with zero attached hydrogens (tertiary/aromatic N) is 5. The Bertz CT molecular complexity index is 1480. The third-order valence-corrected chi connectivity index (χ3v) is 12.2. The van der Waals surface area contributed by atoms with E-state index in [1.165, 1.54) is 38.5 Å². The number of esters is 2. The molecule has 13 nitrogen and oxygen atoms in total. The summed E-state index contributed by atoms with van der Waals surface area (Å²) in [4.78, 5) is 44.9. The van der Waals surface area contributed by atoms with Gasteiger partial charge in [-0.1, -0.05) is 64.7 Å². The first-order chi connectivity index (χ1) is 26.2. The molecule has 4 saturated heterocycles. The maximum atomic E-state index is 13.3. The van der Waals surface area contributed by atoms with Crippen molar-refractivity contribution in [3.63, 3.8) is 0 Å². The number of hydrogen-bond donors (Lipinski definition) is 4. The Morgan fingerprint density at radius 1 is 0.704 bits per heavy atom. The Labute approximate surface area is 322 Å². The molecule has 0 aromatic heterocycles. The Balaban J connectivity index is 0.862. The van der Waals surface area contributed by atoms with Crippen molar-refractivity contribution in [2.24, 2.45) is 26.4 Å². The number of aliphatic imine (C=N–C) groups is 3. The molecule has 54 heavy (non-hydrogen) atoms. The molecule has 0 bridgehead atoms. The monoisotopic (exact) mass is 750 g/mol. The van der Waals surface area contributed by atoms with E-state index in [9.17, 15) is 9.59 Å². The van der Waals surface area contributed by atoms with Gasteiger partial charge < -0.3 is 41.4 Å². The van der Waals surface area contributed by atoms with Crippen molar-refractivity contribution in [1.82, 2.24) is 20.4 Å². The molecule has 6 N–H and O–H groups in total. The molecule has 4 fully saturated rings. The second kappa shape index (κ2) is 19.2. The molecule has 0 radical (unpaired) electrons. The number of ether oxygens (including phenoxy) is 2. The predicted octanol–water partition coefficient (Wildman–Crippen LogP) is 5.50. The van der Waals surface area contributed by atoms with Gasteiger partial charge in [-0.25, -0.2) is 19.6 Å². The molecule has 13 heteroatoms. The van der Waals surface area contributed by atoms with Crippen LogP contribution in [0.4, 0.5) is 0 Å². The molecule has 0 aliphatic carbocycles. The highest BCUT2D eigenvalue weighted by atomic mass is 16.5. The van der Waals surface area contributed by atoms with Gasteiger partial charge >= 0.3 is 11.9 Å². The van der Waals surface area contributed by atoms with Crippen LogP contribution in [0.5, 0.6) is 0 Å². The van der Waals surface area contributed by atoms with E-state index in [1.54, 1.807) is 0 Å². The van der Waals surface area contributed by atoms with Crippen molar-refractivity contribution < 1.29 is 19.1 Å². The van der Waals surface area contributed by atoms with E-state index >= 15 is 0 Å². The first-order valence-electron chi connectivity index (χ1n) is 21.4. The van der Waals surface area contributed by atoms with Crippen LogP contribution >= 0.6 is 0 Å². The van der Waals surface area contributed by atoms with Gasteiger partial charge in [-0.15, -0.1) is 0 Å². The summed E-state index contributed by atoms with van der Waals surface area (Å²) in [6, 6.07) is 1.28. The average molecular weight is 750 g/mol. The zero-order valence-electron chi connectivity index (χ0n) is 33.3. The Kier molecular flexibility index (Phi) is 14.2. The van der Waals surface area contributed by atoms with E-state index in [1.807, 2.05) is 13.8 Å². The summed E-state index contributed by atoms with van der Waals surface area (Å²) >= 11 is 0. The molecule has 0 unspecified atom stereocenters. The van der Waals surface area contributed by atoms with Gasteiger partial charge in [0.25, 0.3) is 0 Å². The van der Waals surface area contributed by atoms with Crippen molar-refractivity contribution in [2.45, 2.75) is 185 Å². The first kappa shape index (κ1) is 39.9. The third kappa shape index (κ3) is 9.72. The quantitative estimate of drug-likeness (QED) is 0.0508. The molecular weight excluding hydrogens is 683 g/mol. The lowest BCUT2D eigenvalue weighted by Gasteiger charge is -2.42. The largest absolute Gasteiger partial charge is 0.462 e. The van der Waals surface area contributed by atoms with Gasteiger partial charge in [-0.3, -0.25) is 4.99 Å². The summed E-state index contributed by atoms with van der Waals surface area (Å²) in [5.74, 6) is 1.54. The zero-order valence-corrected chi connectivity index (χ0v) is 33.3. The van der Waals surface area contributed by atoms with Gasteiger partial charge in [-0.05, 0) is 84.5 Å². The van der Waals surface area contributed by atoms with E-state index in [4.69, 9.17) is 30.9 Å². The molecule has 6 aliphatic heterocycles. The van der Waals surface area contributed by atoms with Crippen LogP contribution in [0.2, 0.25) is 0 Å². The molecule has 0 aromatic carbocycles. The smallest absolute Gasteiger partial charge is 0.337 e. The van der Waals surface area contributed by atoms with E-state index < -0.39 is 0 Å². The predicted molar refractivity (Wildman–Crippen MR) is 214 cm³/mol. The van der Waals surface area contributed by atoms with Gasteiger partial charge in [0.05, 0.1) is 36.4 Å². The Hall–Kier alpha value is -3.77. The number of unbranched alkanes of at least 4 members (excludes halogenated alkanes) is 9. The fraction of sp³-hybridized carbons (Fsp3) is 0.780. The lowest BCUT2D eigenvalue weighted by Crippen LogP contribution is -2.56. The summed E-state index contributed by atoms with van der Waals surface area (Å²) in [5.41, 5.74) is 14.4. The molecule has 6 heterocycles. The van der Waals surface area contributed by atoms with E-state index in [-0.39, 0.29) is 30.0 Å². The highest BCUT2D eigenvalue weighted by Gasteiger charge is 2.45. The number of allylic oxidation sites excluding steroid dienone is 2. The maximum Gasteiger partial charge on any atom is 0.337 e. The highest BCUT2D eigenvalue weighted by Crippen LogP contribution is 2.41. The van der Waals surface area contributed by atoms with Crippen LogP contribution in [-0.2, 0) is 19.1 Å². The second-order valence-electron chi connectivity index (χ2n) is 16.3. The summed E-state index contributed by atoms with van der Waals surface area (Å²) in [6.07, 6.45) is 21.8. The average Bonchev–Trinajstić information content (AvgIpc) is 3.76. The van der Waals surface area contributed by atoms with Crippen LogP contribution in [0.1, 0.15) is 149 Å². The topological polar surface area (TPSA) is 172 Å². The molecule has 0 spiro atoms. The lowest BCUT2D eigenvalue weighted by molar-refractivity contribution is -0.140. The maximum absolute atomic E-state index is 13.3. The summed E-state index contributed by atoms with van der Waals surface area (Å²) in [5, 5.41) is 7.43. The van der Waals surface area contributed by atoms with E-state index in [0.29, 0.717) is 55.9 Å². The molecule has 6 aliphatic rings. The zero-order chi connectivity index (χ0) is 38.0. The van der Waals surface area contributed by atoms with Crippen LogP contribution in [0.25, 0.3) is 0 Å². The molecule has 300 valence electrons. The highest BCUT2D eigenvalue weighted by molar-refractivity contribution is 5.96. The van der Waals surface area contributed by atoms with Crippen molar-refractivity contribution in [2.75, 3.05) is 19.8 Å². The standard InChI is InChI=1S/C41H67N9O4/c1-4-5-6-8-11-16-29-25-31-18-20-33-35(27(2)45-40(47-29)49(31)33)37(51)53-23-14-10-7-9-12-17-30-26-32-19-21-34-36(28(3)46-41(48-30)50(32)34)38(52)54-24-15-13-22-44-39(42)43/h27-32H,4-26H2,1-3H3,(H,45,47)(H,46,48)(H4,42,43,44)/t27-,28-,29+,30+,31-,32-/m0/s1. The lowest BCUT2D eigenvalue weighted by atomic mass is 9.97. The van der Waals surface area contributed by atoms with Crippen molar-refractivity contribution in [3.8, 4) is 0 Å². The second-order valence-corrected chi connectivity index (χ2v) is 16.3. The number of carbonyl (C=O) groups is 2. The molecule has 6 rings (SSSR count). The van der Waals surface area contributed by atoms with Crippen molar-refractivity contribution in [3.05, 3.63) is 22.5 Å². The van der Waals surface area contributed by atoms with Crippen LogP contribution in [-0.4, -0.2) is 95.6 Å². The summed E-state index contributed by atoms with van der Waals surface area (Å²) < 4.78 is 11.5. The van der Waals surface area contributed by atoms with Gasteiger partial charge in [0.15, 0.2) is 17.9 Å². The fourth-order valence-corrected chi connectivity index (χ4v) is 9.46. The Morgan fingerprint density at radius 3 is 1.67 bits per heavy atom. The minimum atomic E-state index is -0.257. The number of guanidine groups is 3. The number of nitrogens with one attached hydrogen (secondary N) is 2. The van der Waals surface area contributed by atoms with Gasteiger partial charge in [0.2, 0.25) is 0 Å². The molecule has 0 amide bonds. The fourth-order valence-electron chi connectivity index (χ4n) is 9.46. The van der Waals surface area contributed by atoms with Crippen LogP contribution in [0, 0.1) is 0 Å².